The second kappa shape index (κ2) is 5.43. The molecular weight excluding hydrogens is 308 g/mol. The number of hydrogen-bond acceptors (Lipinski definition) is 2. The summed E-state index contributed by atoms with van der Waals surface area (Å²) < 4.78 is 0. The van der Waals surface area contributed by atoms with Crippen molar-refractivity contribution in [2.75, 3.05) is 11.9 Å². The molecule has 2 aliphatic rings. The SMILES string of the molecule is CC(CBr)CN1C(=O)NC2(C1=O)C(C)CCCC2C. The number of carbonyl (C=O) groups excluding carboxylic acids is 2. The van der Waals surface area contributed by atoms with Crippen LogP contribution in [0.3, 0.4) is 0 Å². The first-order chi connectivity index (χ1) is 8.93. The van der Waals surface area contributed by atoms with Crippen LogP contribution in [0.25, 0.3) is 0 Å². The lowest BCUT2D eigenvalue weighted by molar-refractivity contribution is -0.136. The largest absolute Gasteiger partial charge is 0.325 e. The number of imide groups is 1. The lowest BCUT2D eigenvalue weighted by Crippen LogP contribution is -2.59. The number of rotatable bonds is 3. The molecule has 5 heteroatoms. The summed E-state index contributed by atoms with van der Waals surface area (Å²) in [5.74, 6) is 0.706. The molecule has 108 valence electrons. The third-order valence-corrected chi connectivity index (χ3v) is 5.85. The first-order valence-corrected chi connectivity index (χ1v) is 8.25. The Hall–Kier alpha value is -0.580. The van der Waals surface area contributed by atoms with E-state index in [9.17, 15) is 9.59 Å². The van der Waals surface area contributed by atoms with Crippen LogP contribution >= 0.6 is 15.9 Å². The quantitative estimate of drug-likeness (QED) is 0.639. The number of nitrogens with one attached hydrogen (secondary N) is 1. The number of nitrogens with zero attached hydrogens (tertiary/aromatic N) is 1. The summed E-state index contributed by atoms with van der Waals surface area (Å²) in [5, 5.41) is 3.81. The van der Waals surface area contributed by atoms with Crippen molar-refractivity contribution in [3.8, 4) is 0 Å². The van der Waals surface area contributed by atoms with Crippen molar-refractivity contribution in [2.24, 2.45) is 17.8 Å². The molecule has 3 unspecified atom stereocenters. The van der Waals surface area contributed by atoms with E-state index in [1.807, 2.05) is 6.92 Å². The van der Waals surface area contributed by atoms with Gasteiger partial charge in [-0.05, 0) is 30.6 Å². The van der Waals surface area contributed by atoms with Gasteiger partial charge in [0.25, 0.3) is 5.91 Å². The standard InChI is InChI=1S/C14H23BrN2O2/c1-9(7-15)8-17-12(18)14(16-13(17)19)10(2)5-4-6-11(14)3/h9-11H,4-8H2,1-3H3,(H,16,19). The highest BCUT2D eigenvalue weighted by molar-refractivity contribution is 9.09. The van der Waals surface area contributed by atoms with E-state index in [2.05, 4.69) is 35.1 Å². The van der Waals surface area contributed by atoms with Crippen molar-refractivity contribution in [3.63, 3.8) is 0 Å². The Balaban J connectivity index is 2.25. The van der Waals surface area contributed by atoms with E-state index in [-0.39, 0.29) is 29.7 Å². The van der Waals surface area contributed by atoms with Crippen LogP contribution in [0.1, 0.15) is 40.0 Å². The topological polar surface area (TPSA) is 49.4 Å². The maximum Gasteiger partial charge on any atom is 0.325 e. The minimum Gasteiger partial charge on any atom is -0.323 e. The van der Waals surface area contributed by atoms with Crippen LogP contribution in [0.15, 0.2) is 0 Å². The molecule has 3 atom stereocenters. The fourth-order valence-electron chi connectivity index (χ4n) is 3.48. The van der Waals surface area contributed by atoms with E-state index in [0.717, 1.165) is 24.6 Å². The lowest BCUT2D eigenvalue weighted by Gasteiger charge is -2.42. The Morgan fingerprint density at radius 3 is 2.47 bits per heavy atom. The lowest BCUT2D eigenvalue weighted by atomic mass is 9.67. The number of alkyl halides is 1. The number of urea groups is 1. The fourth-order valence-corrected chi connectivity index (χ4v) is 3.68. The molecule has 0 aromatic rings. The van der Waals surface area contributed by atoms with Crippen LogP contribution < -0.4 is 5.32 Å². The van der Waals surface area contributed by atoms with Gasteiger partial charge in [-0.25, -0.2) is 4.79 Å². The minimum atomic E-state index is -0.651. The first kappa shape index (κ1) is 14.8. The van der Waals surface area contributed by atoms with Gasteiger partial charge in [-0.1, -0.05) is 43.1 Å². The van der Waals surface area contributed by atoms with E-state index in [1.165, 1.54) is 4.90 Å². The van der Waals surface area contributed by atoms with E-state index in [4.69, 9.17) is 0 Å². The van der Waals surface area contributed by atoms with E-state index in [0.29, 0.717) is 6.54 Å². The molecular formula is C14H23BrN2O2. The highest BCUT2D eigenvalue weighted by Crippen LogP contribution is 2.42. The van der Waals surface area contributed by atoms with Crippen LogP contribution in [-0.2, 0) is 4.79 Å². The molecule has 1 aliphatic heterocycles. The zero-order chi connectivity index (χ0) is 14.2. The van der Waals surface area contributed by atoms with Crippen molar-refractivity contribution in [3.05, 3.63) is 0 Å². The molecule has 1 spiro atoms. The number of carbonyl (C=O) groups is 2. The summed E-state index contributed by atoms with van der Waals surface area (Å²) in [7, 11) is 0. The summed E-state index contributed by atoms with van der Waals surface area (Å²) in [5.41, 5.74) is -0.651. The second-order valence-electron chi connectivity index (χ2n) is 6.21. The molecule has 2 fully saturated rings. The second-order valence-corrected chi connectivity index (χ2v) is 6.85. The van der Waals surface area contributed by atoms with Crippen LogP contribution in [0.4, 0.5) is 4.79 Å². The highest BCUT2D eigenvalue weighted by Gasteiger charge is 2.58. The number of amides is 3. The maximum atomic E-state index is 12.8. The Labute approximate surface area is 123 Å². The Morgan fingerprint density at radius 1 is 1.37 bits per heavy atom. The Morgan fingerprint density at radius 2 is 1.95 bits per heavy atom. The third-order valence-electron chi connectivity index (χ3n) is 4.74. The summed E-state index contributed by atoms with van der Waals surface area (Å²) in [6, 6.07) is -0.210. The van der Waals surface area contributed by atoms with Crippen molar-refractivity contribution in [1.82, 2.24) is 10.2 Å². The zero-order valence-electron chi connectivity index (χ0n) is 11.9. The van der Waals surface area contributed by atoms with Crippen LogP contribution in [-0.4, -0.2) is 34.3 Å². The average Bonchev–Trinajstić information content (AvgIpc) is 2.62. The van der Waals surface area contributed by atoms with Gasteiger partial charge in [0.15, 0.2) is 0 Å². The molecule has 1 heterocycles. The highest BCUT2D eigenvalue weighted by atomic mass is 79.9. The van der Waals surface area contributed by atoms with Gasteiger partial charge in [0.05, 0.1) is 0 Å². The zero-order valence-corrected chi connectivity index (χ0v) is 13.5. The summed E-state index contributed by atoms with van der Waals surface area (Å²) in [6.07, 6.45) is 3.17. The van der Waals surface area contributed by atoms with E-state index >= 15 is 0 Å². The molecule has 2 rings (SSSR count). The van der Waals surface area contributed by atoms with Gasteiger partial charge < -0.3 is 5.32 Å². The summed E-state index contributed by atoms with van der Waals surface area (Å²) in [6.45, 7) is 6.71. The molecule has 0 bridgehead atoms. The molecule has 3 amide bonds. The van der Waals surface area contributed by atoms with E-state index in [1.54, 1.807) is 0 Å². The van der Waals surface area contributed by atoms with Crippen molar-refractivity contribution in [2.45, 2.75) is 45.6 Å². The van der Waals surface area contributed by atoms with Crippen LogP contribution in [0.5, 0.6) is 0 Å². The molecule has 1 saturated carbocycles. The monoisotopic (exact) mass is 330 g/mol. The molecule has 4 nitrogen and oxygen atoms in total. The molecule has 0 radical (unpaired) electrons. The van der Waals surface area contributed by atoms with Crippen LogP contribution in [0, 0.1) is 17.8 Å². The average molecular weight is 331 g/mol. The van der Waals surface area contributed by atoms with Gasteiger partial charge in [0, 0.05) is 11.9 Å². The van der Waals surface area contributed by atoms with Gasteiger partial charge in [-0.2, -0.15) is 0 Å². The Kier molecular flexibility index (Phi) is 4.23. The summed E-state index contributed by atoms with van der Waals surface area (Å²) >= 11 is 3.40. The maximum absolute atomic E-state index is 12.8. The normalized spacial score (nSPS) is 36.7. The van der Waals surface area contributed by atoms with E-state index < -0.39 is 5.54 Å². The fraction of sp³-hybridized carbons (Fsp3) is 0.857. The Bertz CT molecular complexity index is 376. The molecule has 19 heavy (non-hydrogen) atoms. The summed E-state index contributed by atoms with van der Waals surface area (Å²) in [4.78, 5) is 26.4. The van der Waals surface area contributed by atoms with Gasteiger partial charge >= 0.3 is 6.03 Å². The van der Waals surface area contributed by atoms with Crippen molar-refractivity contribution in [1.29, 1.82) is 0 Å². The molecule has 1 N–H and O–H groups in total. The van der Waals surface area contributed by atoms with Crippen LogP contribution in [0.2, 0.25) is 0 Å². The van der Waals surface area contributed by atoms with Gasteiger partial charge in [-0.15, -0.1) is 0 Å². The molecule has 0 aromatic carbocycles. The van der Waals surface area contributed by atoms with Crippen molar-refractivity contribution >= 4 is 27.9 Å². The number of halogens is 1. The van der Waals surface area contributed by atoms with Gasteiger partial charge in [0.1, 0.15) is 5.54 Å². The minimum absolute atomic E-state index is 0.00926. The van der Waals surface area contributed by atoms with Gasteiger partial charge in [-0.3, -0.25) is 9.69 Å². The molecule has 0 aromatic heterocycles. The first-order valence-electron chi connectivity index (χ1n) is 7.13. The van der Waals surface area contributed by atoms with Crippen molar-refractivity contribution < 1.29 is 9.59 Å². The molecule has 1 saturated heterocycles. The smallest absolute Gasteiger partial charge is 0.323 e. The van der Waals surface area contributed by atoms with Gasteiger partial charge in [0.2, 0.25) is 0 Å². The predicted octanol–water partition coefficient (Wildman–Crippen LogP) is 2.76. The third kappa shape index (κ3) is 2.30. The number of hydrogen-bond donors (Lipinski definition) is 1. The molecule has 1 aliphatic carbocycles. The predicted molar refractivity (Wildman–Crippen MR) is 78.1 cm³/mol.